The summed E-state index contributed by atoms with van der Waals surface area (Å²) in [5.41, 5.74) is 1.11. The first-order chi connectivity index (χ1) is 10.6. The molecule has 0 fully saturated rings. The molecule has 0 aliphatic heterocycles. The second kappa shape index (κ2) is 6.30. The van der Waals surface area contributed by atoms with Crippen LogP contribution in [0.15, 0.2) is 77.7 Å². The van der Waals surface area contributed by atoms with Crippen LogP contribution < -0.4 is 4.72 Å². The molecule has 0 unspecified atom stereocenters. The third-order valence-electron chi connectivity index (χ3n) is 3.58. The van der Waals surface area contributed by atoms with E-state index >= 15 is 0 Å². The Hall–Kier alpha value is -2.17. The lowest BCUT2D eigenvalue weighted by Gasteiger charge is -2.08. The number of fused-ring (bicyclic) bond motifs is 1. The van der Waals surface area contributed by atoms with Gasteiger partial charge in [0.2, 0.25) is 10.0 Å². The summed E-state index contributed by atoms with van der Waals surface area (Å²) in [6.07, 6.45) is 0.674. The number of rotatable bonds is 5. The average molecular weight is 311 g/mol. The molecule has 3 aromatic rings. The third-order valence-corrected chi connectivity index (χ3v) is 5.04. The van der Waals surface area contributed by atoms with Crippen molar-refractivity contribution >= 4 is 20.8 Å². The molecule has 0 saturated heterocycles. The summed E-state index contributed by atoms with van der Waals surface area (Å²) in [6, 6.07) is 22.7. The van der Waals surface area contributed by atoms with Crippen LogP contribution in [0.3, 0.4) is 0 Å². The Morgan fingerprint density at radius 1 is 0.773 bits per heavy atom. The highest BCUT2D eigenvalue weighted by atomic mass is 32.2. The van der Waals surface area contributed by atoms with Crippen molar-refractivity contribution in [3.8, 4) is 0 Å². The molecule has 0 atom stereocenters. The molecule has 0 saturated carbocycles. The lowest BCUT2D eigenvalue weighted by atomic mass is 10.1. The summed E-state index contributed by atoms with van der Waals surface area (Å²) in [5, 5.41) is 1.96. The van der Waals surface area contributed by atoms with Crippen molar-refractivity contribution in [2.45, 2.75) is 11.3 Å². The van der Waals surface area contributed by atoms with Crippen LogP contribution in [0.4, 0.5) is 0 Å². The molecule has 0 amide bonds. The van der Waals surface area contributed by atoms with E-state index in [-0.39, 0.29) is 0 Å². The van der Waals surface area contributed by atoms with E-state index in [0.29, 0.717) is 17.9 Å². The molecule has 4 heteroatoms. The lowest BCUT2D eigenvalue weighted by molar-refractivity contribution is 0.582. The minimum atomic E-state index is -3.47. The van der Waals surface area contributed by atoms with Crippen molar-refractivity contribution in [1.82, 2.24) is 4.72 Å². The quantitative estimate of drug-likeness (QED) is 0.785. The highest BCUT2D eigenvalue weighted by Crippen LogP contribution is 2.18. The van der Waals surface area contributed by atoms with E-state index in [9.17, 15) is 8.42 Å². The Morgan fingerprint density at radius 2 is 1.45 bits per heavy atom. The number of nitrogens with one attached hydrogen (secondary N) is 1. The van der Waals surface area contributed by atoms with Gasteiger partial charge in [-0.15, -0.1) is 0 Å². The summed E-state index contributed by atoms with van der Waals surface area (Å²) < 4.78 is 27.4. The molecule has 112 valence electrons. The van der Waals surface area contributed by atoms with Crippen LogP contribution in [0.2, 0.25) is 0 Å². The molecule has 0 aromatic heterocycles. The van der Waals surface area contributed by atoms with E-state index in [0.717, 1.165) is 16.3 Å². The number of hydrogen-bond acceptors (Lipinski definition) is 2. The smallest absolute Gasteiger partial charge is 0.211 e. The number of sulfonamides is 1. The average Bonchev–Trinajstić information content (AvgIpc) is 2.55. The van der Waals surface area contributed by atoms with Gasteiger partial charge >= 0.3 is 0 Å². The zero-order chi connectivity index (χ0) is 15.4. The zero-order valence-electron chi connectivity index (χ0n) is 12.1. The van der Waals surface area contributed by atoms with E-state index in [4.69, 9.17) is 0 Å². The normalized spacial score (nSPS) is 11.6. The molecule has 22 heavy (non-hydrogen) atoms. The van der Waals surface area contributed by atoms with E-state index < -0.39 is 10.0 Å². The first kappa shape index (κ1) is 14.8. The second-order valence-electron chi connectivity index (χ2n) is 5.14. The number of benzene rings is 3. The van der Waals surface area contributed by atoms with Crippen LogP contribution in [0.1, 0.15) is 5.56 Å². The Balaban J connectivity index is 1.74. The Bertz CT molecular complexity index is 874. The van der Waals surface area contributed by atoms with Crippen LogP contribution >= 0.6 is 0 Å². The van der Waals surface area contributed by atoms with Crippen molar-refractivity contribution < 1.29 is 8.42 Å². The predicted molar refractivity (Wildman–Crippen MR) is 89.3 cm³/mol. The Morgan fingerprint density at radius 3 is 2.23 bits per heavy atom. The van der Waals surface area contributed by atoms with Crippen LogP contribution in [0.25, 0.3) is 10.8 Å². The fraction of sp³-hybridized carbons (Fsp3) is 0.111. The maximum absolute atomic E-state index is 12.4. The molecule has 0 aliphatic rings. The van der Waals surface area contributed by atoms with Gasteiger partial charge in [-0.05, 0) is 34.9 Å². The first-order valence-corrected chi connectivity index (χ1v) is 8.66. The highest BCUT2D eigenvalue weighted by Gasteiger charge is 2.13. The van der Waals surface area contributed by atoms with Crippen molar-refractivity contribution in [3.63, 3.8) is 0 Å². The summed E-state index contributed by atoms with van der Waals surface area (Å²) in [4.78, 5) is 0.305. The van der Waals surface area contributed by atoms with Gasteiger partial charge in [-0.1, -0.05) is 60.7 Å². The van der Waals surface area contributed by atoms with E-state index in [1.165, 1.54) is 0 Å². The van der Waals surface area contributed by atoms with Gasteiger partial charge in [-0.2, -0.15) is 0 Å². The Labute approximate surface area is 130 Å². The maximum Gasteiger partial charge on any atom is 0.240 e. The molecule has 0 bridgehead atoms. The Kier molecular flexibility index (Phi) is 4.22. The standard InChI is InChI=1S/C18H17NO2S/c20-22(21,19-13-12-15-6-2-1-3-7-15)18-11-10-16-8-4-5-9-17(16)14-18/h1-11,14,19H,12-13H2. The van der Waals surface area contributed by atoms with Gasteiger partial charge in [-0.3, -0.25) is 0 Å². The summed E-state index contributed by atoms with van der Waals surface area (Å²) in [5.74, 6) is 0. The molecule has 3 nitrogen and oxygen atoms in total. The van der Waals surface area contributed by atoms with E-state index in [1.54, 1.807) is 12.1 Å². The van der Waals surface area contributed by atoms with E-state index in [2.05, 4.69) is 4.72 Å². The molecular weight excluding hydrogens is 294 g/mol. The van der Waals surface area contributed by atoms with Gasteiger partial charge in [0.15, 0.2) is 0 Å². The molecule has 0 radical (unpaired) electrons. The first-order valence-electron chi connectivity index (χ1n) is 7.17. The largest absolute Gasteiger partial charge is 0.240 e. The summed E-state index contributed by atoms with van der Waals surface area (Å²) in [7, 11) is -3.47. The zero-order valence-corrected chi connectivity index (χ0v) is 12.9. The van der Waals surface area contributed by atoms with Gasteiger partial charge in [0.1, 0.15) is 0 Å². The molecule has 3 aromatic carbocycles. The fourth-order valence-electron chi connectivity index (χ4n) is 2.39. The van der Waals surface area contributed by atoms with Crippen LogP contribution in [0, 0.1) is 0 Å². The minimum absolute atomic E-state index is 0.305. The molecule has 0 heterocycles. The molecular formula is C18H17NO2S. The van der Waals surface area contributed by atoms with Crippen molar-refractivity contribution in [2.24, 2.45) is 0 Å². The van der Waals surface area contributed by atoms with Crippen molar-refractivity contribution in [2.75, 3.05) is 6.54 Å². The third kappa shape index (κ3) is 3.35. The molecule has 3 rings (SSSR count). The lowest BCUT2D eigenvalue weighted by Crippen LogP contribution is -2.25. The van der Waals surface area contributed by atoms with Gasteiger partial charge in [-0.25, -0.2) is 13.1 Å². The van der Waals surface area contributed by atoms with Crippen LogP contribution in [-0.4, -0.2) is 15.0 Å². The molecule has 0 aliphatic carbocycles. The van der Waals surface area contributed by atoms with Gasteiger partial charge < -0.3 is 0 Å². The summed E-state index contributed by atoms with van der Waals surface area (Å²) in [6.45, 7) is 0.388. The predicted octanol–water partition coefficient (Wildman–Crippen LogP) is 3.36. The number of hydrogen-bond donors (Lipinski definition) is 1. The fourth-order valence-corrected chi connectivity index (χ4v) is 3.46. The van der Waals surface area contributed by atoms with Gasteiger partial charge in [0, 0.05) is 6.54 Å². The minimum Gasteiger partial charge on any atom is -0.211 e. The van der Waals surface area contributed by atoms with Gasteiger partial charge in [0.25, 0.3) is 0 Å². The second-order valence-corrected chi connectivity index (χ2v) is 6.91. The van der Waals surface area contributed by atoms with E-state index in [1.807, 2.05) is 60.7 Å². The molecule has 1 N–H and O–H groups in total. The van der Waals surface area contributed by atoms with Crippen LogP contribution in [-0.2, 0) is 16.4 Å². The van der Waals surface area contributed by atoms with Crippen LogP contribution in [0.5, 0.6) is 0 Å². The van der Waals surface area contributed by atoms with Crippen molar-refractivity contribution in [1.29, 1.82) is 0 Å². The highest BCUT2D eigenvalue weighted by molar-refractivity contribution is 7.89. The molecule has 0 spiro atoms. The topological polar surface area (TPSA) is 46.2 Å². The van der Waals surface area contributed by atoms with Gasteiger partial charge in [0.05, 0.1) is 4.90 Å². The maximum atomic E-state index is 12.4. The van der Waals surface area contributed by atoms with Crippen molar-refractivity contribution in [3.05, 3.63) is 78.4 Å². The summed E-state index contributed by atoms with van der Waals surface area (Å²) >= 11 is 0. The SMILES string of the molecule is O=S(=O)(NCCc1ccccc1)c1ccc2ccccc2c1. The monoisotopic (exact) mass is 311 g/mol.